The van der Waals surface area contributed by atoms with E-state index in [2.05, 4.69) is 5.32 Å². The van der Waals surface area contributed by atoms with Crippen molar-refractivity contribution in [1.82, 2.24) is 5.32 Å². The molecule has 0 radical (unpaired) electrons. The molecule has 1 heterocycles. The molecule has 5 nitrogen and oxygen atoms in total. The maximum Gasteiger partial charge on any atom is 0.243 e. The minimum absolute atomic E-state index is 0.0883. The van der Waals surface area contributed by atoms with Crippen LogP contribution in [0.4, 0.5) is 4.39 Å². The average Bonchev–Trinajstić information content (AvgIpc) is 3.29. The highest BCUT2D eigenvalue weighted by Gasteiger charge is 2.48. The van der Waals surface area contributed by atoms with Crippen LogP contribution >= 0.6 is 0 Å². The molecule has 118 valence electrons. The number of nitrogens with one attached hydrogen (secondary N) is 1. The number of carbonyl (C=O) groups excluding carboxylic acids is 2. The summed E-state index contributed by atoms with van der Waals surface area (Å²) in [6, 6.07) is 6.19. The summed E-state index contributed by atoms with van der Waals surface area (Å²) in [6.45, 7) is 0.824. The molecule has 1 aromatic carbocycles. The summed E-state index contributed by atoms with van der Waals surface area (Å²) >= 11 is 0. The minimum atomic E-state index is -0.995. The van der Waals surface area contributed by atoms with E-state index in [4.69, 9.17) is 10.5 Å². The zero-order valence-corrected chi connectivity index (χ0v) is 12.2. The maximum absolute atomic E-state index is 12.9. The van der Waals surface area contributed by atoms with Gasteiger partial charge in [0.2, 0.25) is 11.8 Å². The molecule has 0 aromatic heterocycles. The van der Waals surface area contributed by atoms with Crippen molar-refractivity contribution in [3.05, 3.63) is 35.6 Å². The summed E-state index contributed by atoms with van der Waals surface area (Å²) in [5, 5.41) is 2.84. The summed E-state index contributed by atoms with van der Waals surface area (Å²) in [4.78, 5) is 24.2. The van der Waals surface area contributed by atoms with E-state index in [0.29, 0.717) is 32.5 Å². The second kappa shape index (κ2) is 5.68. The molecule has 2 aliphatic rings. The van der Waals surface area contributed by atoms with E-state index in [1.54, 1.807) is 12.1 Å². The Morgan fingerprint density at radius 1 is 1.23 bits per heavy atom. The van der Waals surface area contributed by atoms with Gasteiger partial charge in [0.1, 0.15) is 11.4 Å². The van der Waals surface area contributed by atoms with Gasteiger partial charge in [0.25, 0.3) is 0 Å². The summed E-state index contributed by atoms with van der Waals surface area (Å²) in [7, 11) is 0. The number of ether oxygens (including phenoxy) is 1. The molecule has 0 spiro atoms. The summed E-state index contributed by atoms with van der Waals surface area (Å²) < 4.78 is 18.2. The van der Waals surface area contributed by atoms with Crippen LogP contribution in [-0.2, 0) is 14.3 Å². The Kier molecular flexibility index (Phi) is 3.87. The lowest BCUT2D eigenvalue weighted by Crippen LogP contribution is -2.60. The molecule has 0 bridgehead atoms. The highest BCUT2D eigenvalue weighted by atomic mass is 19.1. The lowest BCUT2D eigenvalue weighted by Gasteiger charge is -2.35. The summed E-state index contributed by atoms with van der Waals surface area (Å²) in [6.07, 6.45) is 1.52. The van der Waals surface area contributed by atoms with Gasteiger partial charge in [-0.2, -0.15) is 0 Å². The van der Waals surface area contributed by atoms with Crippen molar-refractivity contribution < 1.29 is 18.7 Å². The molecule has 3 rings (SSSR count). The molecule has 22 heavy (non-hydrogen) atoms. The van der Waals surface area contributed by atoms with Crippen molar-refractivity contribution in [3.8, 4) is 0 Å². The van der Waals surface area contributed by atoms with E-state index < -0.39 is 11.4 Å². The molecule has 2 amide bonds. The Hall–Kier alpha value is -1.95. The predicted molar refractivity (Wildman–Crippen MR) is 77.4 cm³/mol. The van der Waals surface area contributed by atoms with E-state index in [1.807, 2.05) is 0 Å². The third-order valence-corrected chi connectivity index (χ3v) is 4.61. The largest absolute Gasteiger partial charge is 0.381 e. The molecular weight excluding hydrogens is 287 g/mol. The van der Waals surface area contributed by atoms with Gasteiger partial charge in [-0.3, -0.25) is 9.59 Å². The fraction of sp³-hybridized carbons (Fsp3) is 0.500. The molecule has 1 aromatic rings. The van der Waals surface area contributed by atoms with Crippen LogP contribution in [0.25, 0.3) is 0 Å². The average molecular weight is 306 g/mol. The van der Waals surface area contributed by atoms with Crippen molar-refractivity contribution in [3.63, 3.8) is 0 Å². The van der Waals surface area contributed by atoms with Crippen molar-refractivity contribution in [2.75, 3.05) is 13.2 Å². The Bertz CT molecular complexity index is 582. The molecule has 1 saturated carbocycles. The van der Waals surface area contributed by atoms with Gasteiger partial charge in [-0.25, -0.2) is 4.39 Å². The molecule has 1 aliphatic heterocycles. The zero-order chi connectivity index (χ0) is 15.7. The molecule has 0 unspecified atom stereocenters. The number of hydrogen-bond acceptors (Lipinski definition) is 3. The highest BCUT2D eigenvalue weighted by molar-refractivity contribution is 5.92. The van der Waals surface area contributed by atoms with E-state index in [0.717, 1.165) is 5.56 Å². The normalized spacial score (nSPS) is 26.2. The molecular formula is C16H19FN2O3. The third kappa shape index (κ3) is 2.83. The molecule has 3 N–H and O–H groups in total. The van der Waals surface area contributed by atoms with Gasteiger partial charge >= 0.3 is 0 Å². The van der Waals surface area contributed by atoms with E-state index in [1.165, 1.54) is 12.1 Å². The molecule has 6 heteroatoms. The summed E-state index contributed by atoms with van der Waals surface area (Å²) in [5.41, 5.74) is 5.43. The van der Waals surface area contributed by atoms with Crippen LogP contribution in [0.5, 0.6) is 0 Å². The Balaban J connectivity index is 1.65. The number of amides is 2. The topological polar surface area (TPSA) is 81.4 Å². The van der Waals surface area contributed by atoms with Crippen LogP contribution in [0.3, 0.4) is 0 Å². The fourth-order valence-corrected chi connectivity index (χ4v) is 3.04. The van der Waals surface area contributed by atoms with Gasteiger partial charge < -0.3 is 15.8 Å². The van der Waals surface area contributed by atoms with Crippen LogP contribution in [0.1, 0.15) is 30.7 Å². The summed E-state index contributed by atoms with van der Waals surface area (Å²) in [5.74, 6) is -1.05. The third-order valence-electron chi connectivity index (χ3n) is 4.61. The van der Waals surface area contributed by atoms with Crippen LogP contribution in [0, 0.1) is 11.7 Å². The number of primary amides is 1. The first-order valence-electron chi connectivity index (χ1n) is 7.47. The van der Waals surface area contributed by atoms with Gasteiger partial charge in [0.05, 0.1) is 0 Å². The SMILES string of the molecule is NC(=O)C1(NC(=O)[C@@H]2C[C@H]2c2ccc(F)cc2)CCOCC1. The molecule has 2 fully saturated rings. The number of benzene rings is 1. The van der Waals surface area contributed by atoms with Gasteiger partial charge in [-0.1, -0.05) is 12.1 Å². The lowest BCUT2D eigenvalue weighted by atomic mass is 9.89. The van der Waals surface area contributed by atoms with Crippen molar-refractivity contribution >= 4 is 11.8 Å². The second-order valence-corrected chi connectivity index (χ2v) is 6.05. The first-order valence-corrected chi connectivity index (χ1v) is 7.47. The first-order chi connectivity index (χ1) is 10.5. The Morgan fingerprint density at radius 2 is 1.86 bits per heavy atom. The minimum Gasteiger partial charge on any atom is -0.381 e. The number of halogens is 1. The van der Waals surface area contributed by atoms with Crippen LogP contribution in [0.15, 0.2) is 24.3 Å². The lowest BCUT2D eigenvalue weighted by molar-refractivity contribution is -0.136. The van der Waals surface area contributed by atoms with Gasteiger partial charge in [0.15, 0.2) is 0 Å². The van der Waals surface area contributed by atoms with Crippen LogP contribution < -0.4 is 11.1 Å². The van der Waals surface area contributed by atoms with Crippen molar-refractivity contribution in [2.45, 2.75) is 30.7 Å². The standard InChI is InChI=1S/C16H19FN2O3/c17-11-3-1-10(2-4-11)12-9-13(12)14(20)19-16(15(18)21)5-7-22-8-6-16/h1-4,12-13H,5-9H2,(H2,18,21)(H,19,20)/t12-,13+/m0/s1. The van der Waals surface area contributed by atoms with Crippen LogP contribution in [-0.4, -0.2) is 30.6 Å². The quantitative estimate of drug-likeness (QED) is 0.873. The van der Waals surface area contributed by atoms with E-state index in [-0.39, 0.29) is 23.6 Å². The number of hydrogen-bond donors (Lipinski definition) is 2. The van der Waals surface area contributed by atoms with Crippen molar-refractivity contribution in [1.29, 1.82) is 0 Å². The maximum atomic E-state index is 12.9. The Morgan fingerprint density at radius 3 is 2.45 bits per heavy atom. The van der Waals surface area contributed by atoms with E-state index >= 15 is 0 Å². The van der Waals surface area contributed by atoms with Crippen molar-refractivity contribution in [2.24, 2.45) is 11.7 Å². The number of nitrogens with two attached hydrogens (primary N) is 1. The first kappa shape index (κ1) is 15.0. The number of rotatable bonds is 4. The molecule has 1 aliphatic carbocycles. The highest BCUT2D eigenvalue weighted by Crippen LogP contribution is 2.47. The predicted octanol–water partition coefficient (Wildman–Crippen LogP) is 1.08. The monoisotopic (exact) mass is 306 g/mol. The van der Waals surface area contributed by atoms with Gasteiger partial charge in [-0.05, 0) is 30.0 Å². The van der Waals surface area contributed by atoms with Gasteiger partial charge in [-0.15, -0.1) is 0 Å². The second-order valence-electron chi connectivity index (χ2n) is 6.05. The van der Waals surface area contributed by atoms with E-state index in [9.17, 15) is 14.0 Å². The van der Waals surface area contributed by atoms with Gasteiger partial charge in [0, 0.05) is 32.0 Å². The molecule has 1 saturated heterocycles. The number of carbonyl (C=O) groups is 2. The smallest absolute Gasteiger partial charge is 0.243 e. The Labute approximate surface area is 128 Å². The van der Waals surface area contributed by atoms with Crippen LogP contribution in [0.2, 0.25) is 0 Å². The zero-order valence-electron chi connectivity index (χ0n) is 12.2. The molecule has 2 atom stereocenters. The fourth-order valence-electron chi connectivity index (χ4n) is 3.04.